The number of aliphatic hydroxyl groups is 1. The van der Waals surface area contributed by atoms with Crippen LogP contribution in [0.1, 0.15) is 60.5 Å². The van der Waals surface area contributed by atoms with Gasteiger partial charge >= 0.3 is 0 Å². The van der Waals surface area contributed by atoms with Gasteiger partial charge in [-0.05, 0) is 67.1 Å². The van der Waals surface area contributed by atoms with Crippen molar-refractivity contribution in [2.75, 3.05) is 19.7 Å². The fourth-order valence-electron chi connectivity index (χ4n) is 5.13. The van der Waals surface area contributed by atoms with Crippen molar-refractivity contribution in [3.8, 4) is 0 Å². The number of nitrogens with zero attached hydrogens (tertiary/aromatic N) is 2. The molecule has 37 heavy (non-hydrogen) atoms. The average molecular weight is 510 g/mol. The van der Waals surface area contributed by atoms with Gasteiger partial charge in [-0.1, -0.05) is 30.3 Å². The highest BCUT2D eigenvalue weighted by Gasteiger charge is 2.42. The molecule has 0 aliphatic carbocycles. The third-order valence-corrected chi connectivity index (χ3v) is 7.19. The number of halogens is 2. The molecule has 0 bridgehead atoms. The molecule has 2 aromatic carbocycles. The van der Waals surface area contributed by atoms with E-state index in [1.54, 1.807) is 13.8 Å². The van der Waals surface area contributed by atoms with Gasteiger partial charge in [0.25, 0.3) is 0 Å². The Morgan fingerprint density at radius 2 is 1.81 bits per heavy atom. The van der Waals surface area contributed by atoms with Crippen LogP contribution in [0.4, 0.5) is 8.78 Å². The SMILES string of the molecule is CC(C)(O)CONC(c1ccc(CN2CCC3(CC2)OCc2ccncc23)cc1)c1ccc(F)c(F)c1. The van der Waals surface area contributed by atoms with Gasteiger partial charge in [0.2, 0.25) is 0 Å². The minimum absolute atomic E-state index is 0.0337. The maximum Gasteiger partial charge on any atom is 0.159 e. The fraction of sp³-hybridized carbons (Fsp3) is 0.414. The lowest BCUT2D eigenvalue weighted by atomic mass is 9.84. The van der Waals surface area contributed by atoms with Crippen LogP contribution in [0.15, 0.2) is 60.9 Å². The number of ether oxygens (including phenoxy) is 1. The Hall–Kier alpha value is -2.75. The molecule has 2 aliphatic heterocycles. The molecule has 196 valence electrons. The zero-order valence-corrected chi connectivity index (χ0v) is 21.2. The van der Waals surface area contributed by atoms with Crippen molar-refractivity contribution in [3.63, 3.8) is 0 Å². The smallest absolute Gasteiger partial charge is 0.159 e. The third kappa shape index (κ3) is 5.89. The summed E-state index contributed by atoms with van der Waals surface area (Å²) in [4.78, 5) is 12.3. The molecule has 3 heterocycles. The summed E-state index contributed by atoms with van der Waals surface area (Å²) in [6.07, 6.45) is 5.65. The average Bonchev–Trinajstić information content (AvgIpc) is 3.23. The van der Waals surface area contributed by atoms with Gasteiger partial charge in [-0.2, -0.15) is 5.48 Å². The van der Waals surface area contributed by atoms with E-state index in [1.165, 1.54) is 17.2 Å². The van der Waals surface area contributed by atoms with Crippen molar-refractivity contribution >= 4 is 0 Å². The van der Waals surface area contributed by atoms with Crippen molar-refractivity contribution in [1.29, 1.82) is 0 Å². The Bertz CT molecular complexity index is 1220. The van der Waals surface area contributed by atoms with E-state index in [-0.39, 0.29) is 12.2 Å². The van der Waals surface area contributed by atoms with Gasteiger partial charge in [0.15, 0.2) is 11.6 Å². The first-order valence-corrected chi connectivity index (χ1v) is 12.7. The lowest BCUT2D eigenvalue weighted by Crippen LogP contribution is -2.42. The van der Waals surface area contributed by atoms with Gasteiger partial charge in [0.1, 0.15) is 0 Å². The maximum absolute atomic E-state index is 14.0. The molecule has 1 spiro atoms. The van der Waals surface area contributed by atoms with Crippen molar-refractivity contribution < 1.29 is 23.5 Å². The largest absolute Gasteiger partial charge is 0.388 e. The van der Waals surface area contributed by atoms with Crippen molar-refractivity contribution in [1.82, 2.24) is 15.4 Å². The van der Waals surface area contributed by atoms with Gasteiger partial charge in [-0.3, -0.25) is 14.7 Å². The van der Waals surface area contributed by atoms with Crippen molar-refractivity contribution in [2.24, 2.45) is 0 Å². The minimum Gasteiger partial charge on any atom is -0.388 e. The summed E-state index contributed by atoms with van der Waals surface area (Å²) in [7, 11) is 0. The second kappa shape index (κ2) is 10.6. The Kier molecular flexibility index (Phi) is 7.38. The first kappa shape index (κ1) is 25.9. The first-order valence-electron chi connectivity index (χ1n) is 12.7. The summed E-state index contributed by atoms with van der Waals surface area (Å²) in [5.41, 5.74) is 6.67. The van der Waals surface area contributed by atoms with Crippen LogP contribution in [-0.2, 0) is 28.3 Å². The zero-order chi connectivity index (χ0) is 26.0. The Morgan fingerprint density at radius 3 is 2.51 bits per heavy atom. The molecule has 0 saturated carbocycles. The molecule has 1 aromatic heterocycles. The minimum atomic E-state index is -1.04. The van der Waals surface area contributed by atoms with E-state index in [4.69, 9.17) is 9.57 Å². The lowest BCUT2D eigenvalue weighted by molar-refractivity contribution is -0.0800. The van der Waals surface area contributed by atoms with Crippen molar-refractivity contribution in [3.05, 3.63) is 100 Å². The Balaban J connectivity index is 1.25. The third-order valence-electron chi connectivity index (χ3n) is 7.19. The second-order valence-corrected chi connectivity index (χ2v) is 10.7. The first-order chi connectivity index (χ1) is 17.7. The molecule has 0 radical (unpaired) electrons. The number of nitrogens with one attached hydrogen (secondary N) is 1. The van der Waals surface area contributed by atoms with E-state index in [1.807, 2.05) is 24.5 Å². The molecular formula is C29H33F2N3O3. The van der Waals surface area contributed by atoms with Gasteiger partial charge in [0, 0.05) is 37.6 Å². The van der Waals surface area contributed by atoms with E-state index in [0.29, 0.717) is 12.2 Å². The normalized spacial score (nSPS) is 18.2. The molecule has 1 fully saturated rings. The molecular weight excluding hydrogens is 476 g/mol. The van der Waals surface area contributed by atoms with Crippen LogP contribution >= 0.6 is 0 Å². The zero-order valence-electron chi connectivity index (χ0n) is 21.2. The fourth-order valence-corrected chi connectivity index (χ4v) is 5.13. The molecule has 2 N–H and O–H groups in total. The van der Waals surface area contributed by atoms with Crippen LogP contribution in [-0.4, -0.2) is 40.3 Å². The topological polar surface area (TPSA) is 66.9 Å². The molecule has 1 saturated heterocycles. The Morgan fingerprint density at radius 1 is 1.08 bits per heavy atom. The molecule has 0 amide bonds. The van der Waals surface area contributed by atoms with E-state index >= 15 is 0 Å². The summed E-state index contributed by atoms with van der Waals surface area (Å²) >= 11 is 0. The molecule has 5 rings (SSSR count). The quantitative estimate of drug-likeness (QED) is 0.427. The number of fused-ring (bicyclic) bond motifs is 2. The second-order valence-electron chi connectivity index (χ2n) is 10.7. The van der Waals surface area contributed by atoms with Gasteiger partial charge in [-0.15, -0.1) is 0 Å². The molecule has 1 unspecified atom stereocenters. The highest BCUT2D eigenvalue weighted by molar-refractivity contribution is 5.35. The van der Waals surface area contributed by atoms with Crippen LogP contribution in [0.2, 0.25) is 0 Å². The van der Waals surface area contributed by atoms with Crippen LogP contribution in [0.25, 0.3) is 0 Å². The number of piperidine rings is 1. The summed E-state index contributed by atoms with van der Waals surface area (Å²) in [5.74, 6) is -1.82. The highest BCUT2D eigenvalue weighted by atomic mass is 19.2. The maximum atomic E-state index is 14.0. The number of rotatable bonds is 8. The van der Waals surface area contributed by atoms with Gasteiger partial charge < -0.3 is 9.84 Å². The summed E-state index contributed by atoms with van der Waals surface area (Å²) in [6.45, 7) is 6.63. The molecule has 3 aromatic rings. The molecule has 8 heteroatoms. The lowest BCUT2D eigenvalue weighted by Gasteiger charge is -2.39. The van der Waals surface area contributed by atoms with E-state index in [9.17, 15) is 13.9 Å². The predicted octanol–water partition coefficient (Wildman–Crippen LogP) is 4.76. The molecule has 1 atom stereocenters. The summed E-state index contributed by atoms with van der Waals surface area (Å²) in [5, 5.41) is 9.97. The van der Waals surface area contributed by atoms with Crippen molar-refractivity contribution in [2.45, 2.75) is 57.1 Å². The number of hydroxylamine groups is 1. The predicted molar refractivity (Wildman–Crippen MR) is 135 cm³/mol. The number of hydrogen-bond acceptors (Lipinski definition) is 6. The van der Waals surface area contributed by atoms with Gasteiger partial charge in [-0.25, -0.2) is 8.78 Å². The van der Waals surface area contributed by atoms with Crippen LogP contribution < -0.4 is 5.48 Å². The van der Waals surface area contributed by atoms with Crippen LogP contribution in [0.3, 0.4) is 0 Å². The summed E-state index contributed by atoms with van der Waals surface area (Å²) in [6, 6.07) is 13.4. The Labute approximate surface area is 216 Å². The number of benzene rings is 2. The van der Waals surface area contributed by atoms with E-state index in [2.05, 4.69) is 33.6 Å². The highest BCUT2D eigenvalue weighted by Crippen LogP contribution is 2.43. The summed E-state index contributed by atoms with van der Waals surface area (Å²) < 4.78 is 33.8. The standard InChI is InChI=1S/C29H33F2N3O3/c1-28(2,35)19-37-33-27(22-7-8-25(30)26(31)15-22)21-5-3-20(4-6-21)17-34-13-10-29(11-14-34)24-16-32-12-9-23(24)18-36-29/h3-9,12,15-16,27,33,35H,10-11,13-14,17-19H2,1-2H3. The molecule has 6 nitrogen and oxygen atoms in total. The van der Waals surface area contributed by atoms with Gasteiger partial charge in [0.05, 0.1) is 30.5 Å². The van der Waals surface area contributed by atoms with E-state index in [0.717, 1.165) is 55.7 Å². The number of likely N-dealkylation sites (tertiary alicyclic amines) is 1. The molecule has 2 aliphatic rings. The number of pyridine rings is 1. The van der Waals surface area contributed by atoms with Crippen LogP contribution in [0, 0.1) is 11.6 Å². The monoisotopic (exact) mass is 509 g/mol. The van der Waals surface area contributed by atoms with E-state index < -0.39 is 23.3 Å². The number of aromatic nitrogens is 1. The number of hydrogen-bond donors (Lipinski definition) is 2. The van der Waals surface area contributed by atoms with Crippen LogP contribution in [0.5, 0.6) is 0 Å².